The average Bonchev–Trinajstić information content (AvgIpc) is 2.29. The third-order valence-electron chi connectivity index (χ3n) is 3.26. The highest BCUT2D eigenvalue weighted by Crippen LogP contribution is 2.24. The summed E-state index contributed by atoms with van der Waals surface area (Å²) in [6.45, 7) is 8.80. The number of rotatable bonds is 4. The van der Waals surface area contributed by atoms with Crippen LogP contribution in [0, 0.1) is 6.92 Å². The Balaban J connectivity index is 2.66. The third kappa shape index (κ3) is 4.17. The second-order valence-corrected chi connectivity index (χ2v) is 5.82. The van der Waals surface area contributed by atoms with E-state index >= 15 is 0 Å². The molecule has 0 bridgehead atoms. The van der Waals surface area contributed by atoms with Crippen molar-refractivity contribution in [3.63, 3.8) is 0 Å². The van der Waals surface area contributed by atoms with Crippen LogP contribution in [0.3, 0.4) is 0 Å². The van der Waals surface area contributed by atoms with Gasteiger partial charge >= 0.3 is 5.97 Å². The SMILES string of the molecule is COC(=O)CCCc1ccc(C(C)(C)C)cc1C. The first-order valence-corrected chi connectivity index (χ1v) is 6.51. The summed E-state index contributed by atoms with van der Waals surface area (Å²) in [4.78, 5) is 11.1. The minimum Gasteiger partial charge on any atom is -0.469 e. The molecule has 0 saturated heterocycles. The first-order chi connectivity index (χ1) is 8.34. The second-order valence-electron chi connectivity index (χ2n) is 5.82. The molecule has 1 aromatic rings. The van der Waals surface area contributed by atoms with E-state index in [1.165, 1.54) is 23.8 Å². The predicted molar refractivity (Wildman–Crippen MR) is 74.8 cm³/mol. The largest absolute Gasteiger partial charge is 0.469 e. The average molecular weight is 248 g/mol. The molecule has 0 unspecified atom stereocenters. The van der Waals surface area contributed by atoms with Crippen LogP contribution in [0.1, 0.15) is 50.3 Å². The molecule has 0 aliphatic heterocycles. The van der Waals surface area contributed by atoms with E-state index < -0.39 is 0 Å². The minimum absolute atomic E-state index is 0.126. The van der Waals surface area contributed by atoms with Gasteiger partial charge < -0.3 is 4.74 Å². The molecule has 0 heterocycles. The van der Waals surface area contributed by atoms with Gasteiger partial charge in [-0.15, -0.1) is 0 Å². The highest BCUT2D eigenvalue weighted by molar-refractivity contribution is 5.69. The van der Waals surface area contributed by atoms with Gasteiger partial charge in [-0.1, -0.05) is 39.0 Å². The van der Waals surface area contributed by atoms with Crippen LogP contribution in [0.25, 0.3) is 0 Å². The summed E-state index contributed by atoms with van der Waals surface area (Å²) in [5.41, 5.74) is 4.19. The Morgan fingerprint density at radius 1 is 1.28 bits per heavy atom. The van der Waals surface area contributed by atoms with Gasteiger partial charge in [0.1, 0.15) is 0 Å². The number of ether oxygens (including phenoxy) is 1. The summed E-state index contributed by atoms with van der Waals surface area (Å²) in [7, 11) is 1.44. The first kappa shape index (κ1) is 14.7. The number of esters is 1. The van der Waals surface area contributed by atoms with Crippen LogP contribution in [0.2, 0.25) is 0 Å². The standard InChI is InChI=1S/C16H24O2/c1-12-11-14(16(2,3)4)10-9-13(12)7-6-8-15(17)18-5/h9-11H,6-8H2,1-5H3. The highest BCUT2D eigenvalue weighted by atomic mass is 16.5. The van der Waals surface area contributed by atoms with Crippen LogP contribution < -0.4 is 0 Å². The smallest absolute Gasteiger partial charge is 0.305 e. The van der Waals surface area contributed by atoms with E-state index in [9.17, 15) is 4.79 Å². The molecule has 0 saturated carbocycles. The lowest BCUT2D eigenvalue weighted by molar-refractivity contribution is -0.140. The molecule has 18 heavy (non-hydrogen) atoms. The van der Waals surface area contributed by atoms with Gasteiger partial charge in [-0.3, -0.25) is 4.79 Å². The van der Waals surface area contributed by atoms with Crippen molar-refractivity contribution in [1.29, 1.82) is 0 Å². The zero-order valence-electron chi connectivity index (χ0n) is 12.2. The van der Waals surface area contributed by atoms with Crippen molar-refractivity contribution in [2.45, 2.75) is 52.4 Å². The Kier molecular flexibility index (Phi) is 4.94. The Bertz CT molecular complexity index is 414. The number of benzene rings is 1. The summed E-state index contributed by atoms with van der Waals surface area (Å²) in [5.74, 6) is -0.126. The van der Waals surface area contributed by atoms with Gasteiger partial charge in [0.05, 0.1) is 7.11 Å². The van der Waals surface area contributed by atoms with Crippen molar-refractivity contribution in [2.24, 2.45) is 0 Å². The number of hydrogen-bond acceptors (Lipinski definition) is 2. The molecule has 0 amide bonds. The quantitative estimate of drug-likeness (QED) is 0.758. The van der Waals surface area contributed by atoms with E-state index in [-0.39, 0.29) is 11.4 Å². The Hall–Kier alpha value is -1.31. The third-order valence-corrected chi connectivity index (χ3v) is 3.26. The lowest BCUT2D eigenvalue weighted by Crippen LogP contribution is -2.11. The van der Waals surface area contributed by atoms with Crippen LogP contribution in [-0.2, 0) is 21.4 Å². The second kappa shape index (κ2) is 6.03. The molecule has 0 aliphatic rings. The van der Waals surface area contributed by atoms with Gasteiger partial charge in [0.15, 0.2) is 0 Å². The van der Waals surface area contributed by atoms with Crippen molar-refractivity contribution in [2.75, 3.05) is 7.11 Å². The number of aryl methyl sites for hydroxylation is 2. The Labute approximate surface area is 110 Å². The Morgan fingerprint density at radius 2 is 1.94 bits per heavy atom. The van der Waals surface area contributed by atoms with E-state index in [4.69, 9.17) is 0 Å². The molecule has 2 nitrogen and oxygen atoms in total. The first-order valence-electron chi connectivity index (χ1n) is 6.51. The molecule has 100 valence electrons. The maximum Gasteiger partial charge on any atom is 0.305 e. The van der Waals surface area contributed by atoms with Crippen molar-refractivity contribution < 1.29 is 9.53 Å². The van der Waals surface area contributed by atoms with Gasteiger partial charge in [-0.25, -0.2) is 0 Å². The van der Waals surface area contributed by atoms with Gasteiger partial charge in [-0.05, 0) is 41.9 Å². The molecule has 1 rings (SSSR count). The summed E-state index contributed by atoms with van der Waals surface area (Å²) in [6.07, 6.45) is 2.28. The minimum atomic E-state index is -0.126. The molecule has 0 radical (unpaired) electrons. The predicted octanol–water partition coefficient (Wildman–Crippen LogP) is 3.79. The van der Waals surface area contributed by atoms with Crippen LogP contribution in [0.4, 0.5) is 0 Å². The fourth-order valence-electron chi connectivity index (χ4n) is 1.97. The molecule has 2 heteroatoms. The summed E-state index contributed by atoms with van der Waals surface area (Å²) in [5, 5.41) is 0. The normalized spacial score (nSPS) is 11.4. The lowest BCUT2D eigenvalue weighted by Gasteiger charge is -2.20. The summed E-state index contributed by atoms with van der Waals surface area (Å²) >= 11 is 0. The lowest BCUT2D eigenvalue weighted by atomic mass is 9.85. The molecule has 0 aliphatic carbocycles. The Morgan fingerprint density at radius 3 is 2.44 bits per heavy atom. The number of carbonyl (C=O) groups excluding carboxylic acids is 1. The molecule has 0 N–H and O–H groups in total. The van der Waals surface area contributed by atoms with E-state index in [2.05, 4.69) is 50.6 Å². The summed E-state index contributed by atoms with van der Waals surface area (Å²) in [6, 6.07) is 6.64. The summed E-state index contributed by atoms with van der Waals surface area (Å²) < 4.78 is 4.64. The van der Waals surface area contributed by atoms with E-state index in [1.807, 2.05) is 0 Å². The van der Waals surface area contributed by atoms with Gasteiger partial charge in [-0.2, -0.15) is 0 Å². The van der Waals surface area contributed by atoms with Crippen molar-refractivity contribution >= 4 is 5.97 Å². The topological polar surface area (TPSA) is 26.3 Å². The van der Waals surface area contributed by atoms with Crippen molar-refractivity contribution in [1.82, 2.24) is 0 Å². The number of carbonyl (C=O) groups is 1. The van der Waals surface area contributed by atoms with E-state index in [0.717, 1.165) is 12.8 Å². The van der Waals surface area contributed by atoms with Crippen molar-refractivity contribution in [3.8, 4) is 0 Å². The van der Waals surface area contributed by atoms with Gasteiger partial charge in [0.25, 0.3) is 0 Å². The van der Waals surface area contributed by atoms with Gasteiger partial charge in [0.2, 0.25) is 0 Å². The highest BCUT2D eigenvalue weighted by Gasteiger charge is 2.14. The van der Waals surface area contributed by atoms with Crippen LogP contribution in [-0.4, -0.2) is 13.1 Å². The van der Waals surface area contributed by atoms with Crippen LogP contribution >= 0.6 is 0 Å². The number of methoxy groups -OCH3 is 1. The van der Waals surface area contributed by atoms with E-state index in [0.29, 0.717) is 6.42 Å². The fraction of sp³-hybridized carbons (Fsp3) is 0.562. The maximum absolute atomic E-state index is 11.1. The van der Waals surface area contributed by atoms with Crippen LogP contribution in [0.5, 0.6) is 0 Å². The monoisotopic (exact) mass is 248 g/mol. The zero-order valence-corrected chi connectivity index (χ0v) is 12.2. The number of hydrogen-bond donors (Lipinski definition) is 0. The molecular formula is C16H24O2. The molecule has 0 aromatic heterocycles. The molecular weight excluding hydrogens is 224 g/mol. The molecule has 1 aromatic carbocycles. The fourth-order valence-corrected chi connectivity index (χ4v) is 1.97. The van der Waals surface area contributed by atoms with Crippen LogP contribution in [0.15, 0.2) is 18.2 Å². The van der Waals surface area contributed by atoms with Crippen molar-refractivity contribution in [3.05, 3.63) is 34.9 Å². The zero-order chi connectivity index (χ0) is 13.8. The van der Waals surface area contributed by atoms with Gasteiger partial charge in [0, 0.05) is 6.42 Å². The maximum atomic E-state index is 11.1. The molecule has 0 atom stereocenters. The molecule has 0 spiro atoms. The van der Waals surface area contributed by atoms with E-state index in [1.54, 1.807) is 0 Å². The molecule has 0 fully saturated rings.